The second-order valence-electron chi connectivity index (χ2n) is 3.49. The number of nitrogens with one attached hydrogen (secondary N) is 1. The molecule has 0 spiro atoms. The fraction of sp³-hybridized carbons (Fsp3) is 0.182. The summed E-state index contributed by atoms with van der Waals surface area (Å²) in [4.78, 5) is 4.15. The molecule has 0 fully saturated rings. The number of hydrogen-bond acceptors (Lipinski definition) is 4. The van der Waals surface area contributed by atoms with Crippen LogP contribution in [-0.4, -0.2) is 12.1 Å². The number of pyridine rings is 1. The normalized spacial score (nSPS) is 10.8. The number of nitrogens with two attached hydrogens (primary N) is 1. The lowest BCUT2D eigenvalue weighted by Crippen LogP contribution is -2.09. The summed E-state index contributed by atoms with van der Waals surface area (Å²) < 4.78 is 18.6. The molecule has 2 aromatic rings. The molecule has 0 radical (unpaired) electrons. The van der Waals surface area contributed by atoms with Crippen molar-refractivity contribution in [2.24, 2.45) is 5.84 Å². The van der Waals surface area contributed by atoms with E-state index >= 15 is 0 Å². The highest BCUT2D eigenvalue weighted by Gasteiger charge is 2.12. The number of benzene rings is 1. The van der Waals surface area contributed by atoms with Crippen LogP contribution in [0.2, 0.25) is 5.02 Å². The summed E-state index contributed by atoms with van der Waals surface area (Å²) in [7, 11) is 1.54. The van der Waals surface area contributed by atoms with Crippen molar-refractivity contribution in [2.45, 2.75) is 6.61 Å². The van der Waals surface area contributed by atoms with E-state index in [1.807, 2.05) is 0 Å². The number of hydrogen-bond donors (Lipinski definition) is 2. The van der Waals surface area contributed by atoms with Crippen LogP contribution < -0.4 is 11.3 Å². The van der Waals surface area contributed by atoms with Crippen LogP contribution in [0.25, 0.3) is 10.9 Å². The Labute approximate surface area is 103 Å². The lowest BCUT2D eigenvalue weighted by atomic mass is 10.1. The molecule has 0 aliphatic heterocycles. The number of ether oxygens (including phenoxy) is 1. The Hall–Kier alpha value is -1.43. The maximum atomic E-state index is 13.7. The summed E-state index contributed by atoms with van der Waals surface area (Å²) >= 11 is 6.01. The van der Waals surface area contributed by atoms with Crippen LogP contribution >= 0.6 is 11.6 Å². The van der Waals surface area contributed by atoms with Gasteiger partial charge in [-0.1, -0.05) is 11.6 Å². The molecule has 0 bridgehead atoms. The number of rotatable bonds is 3. The molecule has 2 rings (SSSR count). The van der Waals surface area contributed by atoms with Gasteiger partial charge in [0.2, 0.25) is 0 Å². The molecule has 0 saturated carbocycles. The molecule has 1 aromatic heterocycles. The summed E-state index contributed by atoms with van der Waals surface area (Å²) in [5.41, 5.74) is 3.77. The minimum atomic E-state index is -0.446. The standard InChI is InChI=1S/C11H11ClFN3O/c1-17-5-6-4-9(16-14)10-7(12)2-3-8(13)11(10)15-6/h2-4H,5,14H2,1H3,(H,15,16). The number of fused-ring (bicyclic) bond motifs is 1. The first-order valence-electron chi connectivity index (χ1n) is 4.90. The van der Waals surface area contributed by atoms with Crippen molar-refractivity contribution in [3.63, 3.8) is 0 Å². The van der Waals surface area contributed by atoms with Crippen LogP contribution in [0.4, 0.5) is 10.1 Å². The minimum absolute atomic E-state index is 0.181. The number of nitrogen functional groups attached to an aromatic ring is 1. The first kappa shape index (κ1) is 12.0. The largest absolute Gasteiger partial charge is 0.378 e. The molecule has 3 N–H and O–H groups in total. The molecular weight excluding hydrogens is 245 g/mol. The van der Waals surface area contributed by atoms with E-state index in [9.17, 15) is 4.39 Å². The average Bonchev–Trinajstić information content (AvgIpc) is 2.33. The van der Waals surface area contributed by atoms with Crippen LogP contribution in [0, 0.1) is 5.82 Å². The Morgan fingerprint density at radius 2 is 2.29 bits per heavy atom. The molecule has 1 heterocycles. The second kappa shape index (κ2) is 4.83. The van der Waals surface area contributed by atoms with Gasteiger partial charge in [-0.15, -0.1) is 0 Å². The van der Waals surface area contributed by atoms with Crippen molar-refractivity contribution in [1.29, 1.82) is 0 Å². The van der Waals surface area contributed by atoms with Gasteiger partial charge < -0.3 is 10.2 Å². The third-order valence-corrected chi connectivity index (χ3v) is 2.68. The van der Waals surface area contributed by atoms with Gasteiger partial charge in [-0.3, -0.25) is 5.84 Å². The van der Waals surface area contributed by atoms with E-state index in [4.69, 9.17) is 22.2 Å². The highest BCUT2D eigenvalue weighted by Crippen LogP contribution is 2.31. The predicted molar refractivity (Wildman–Crippen MR) is 65.2 cm³/mol. The SMILES string of the molecule is COCc1cc(NN)c2c(Cl)ccc(F)c2n1. The van der Waals surface area contributed by atoms with Gasteiger partial charge in [0.25, 0.3) is 0 Å². The maximum absolute atomic E-state index is 13.7. The lowest BCUT2D eigenvalue weighted by molar-refractivity contribution is 0.182. The summed E-state index contributed by atoms with van der Waals surface area (Å²) in [5.74, 6) is 4.95. The highest BCUT2D eigenvalue weighted by molar-refractivity contribution is 6.36. The molecule has 0 atom stereocenters. The number of hydrazine groups is 1. The summed E-state index contributed by atoms with van der Waals surface area (Å²) in [6, 6.07) is 4.42. The molecule has 1 aromatic carbocycles. The van der Waals surface area contributed by atoms with Gasteiger partial charge in [0.15, 0.2) is 0 Å². The number of aromatic nitrogens is 1. The zero-order valence-corrected chi connectivity index (χ0v) is 9.88. The van der Waals surface area contributed by atoms with Gasteiger partial charge >= 0.3 is 0 Å². The molecular formula is C11H11ClFN3O. The van der Waals surface area contributed by atoms with Crippen molar-refractivity contribution in [2.75, 3.05) is 12.5 Å². The topological polar surface area (TPSA) is 60.2 Å². The smallest absolute Gasteiger partial charge is 0.149 e. The summed E-state index contributed by atoms with van der Waals surface area (Å²) in [6.07, 6.45) is 0. The molecule has 0 unspecified atom stereocenters. The van der Waals surface area contributed by atoms with Gasteiger partial charge in [-0.05, 0) is 18.2 Å². The number of anilines is 1. The van der Waals surface area contributed by atoms with Crippen LogP contribution in [0.15, 0.2) is 18.2 Å². The van der Waals surface area contributed by atoms with Gasteiger partial charge in [0, 0.05) is 12.5 Å². The molecule has 6 heteroatoms. The second-order valence-corrected chi connectivity index (χ2v) is 3.90. The van der Waals surface area contributed by atoms with Gasteiger partial charge in [-0.25, -0.2) is 9.37 Å². The predicted octanol–water partition coefficient (Wildman–Crippen LogP) is 2.46. The van der Waals surface area contributed by atoms with Crippen molar-refractivity contribution in [3.05, 3.63) is 34.7 Å². The monoisotopic (exact) mass is 255 g/mol. The van der Waals surface area contributed by atoms with E-state index in [0.29, 0.717) is 21.8 Å². The molecule has 0 aliphatic carbocycles. The molecule has 17 heavy (non-hydrogen) atoms. The van der Waals surface area contributed by atoms with Gasteiger partial charge in [0.05, 0.1) is 23.0 Å². The molecule has 0 aliphatic rings. The number of methoxy groups -OCH3 is 1. The summed E-state index contributed by atoms with van der Waals surface area (Å²) in [5, 5.41) is 0.861. The first-order valence-corrected chi connectivity index (χ1v) is 5.28. The van der Waals surface area contributed by atoms with E-state index in [0.717, 1.165) is 0 Å². The molecule has 90 valence electrons. The van der Waals surface area contributed by atoms with E-state index < -0.39 is 5.82 Å². The third-order valence-electron chi connectivity index (χ3n) is 2.36. The maximum Gasteiger partial charge on any atom is 0.149 e. The van der Waals surface area contributed by atoms with Gasteiger partial charge in [0.1, 0.15) is 11.3 Å². The Morgan fingerprint density at radius 3 is 2.94 bits per heavy atom. The Morgan fingerprint density at radius 1 is 1.53 bits per heavy atom. The minimum Gasteiger partial charge on any atom is -0.378 e. The van der Waals surface area contributed by atoms with Crippen molar-refractivity contribution >= 4 is 28.2 Å². The molecule has 0 saturated heterocycles. The lowest BCUT2D eigenvalue weighted by Gasteiger charge is -2.10. The van der Waals surface area contributed by atoms with Crippen LogP contribution in [0.3, 0.4) is 0 Å². The quantitative estimate of drug-likeness (QED) is 0.653. The molecule has 0 amide bonds. The Bertz CT molecular complexity index is 562. The van der Waals surface area contributed by atoms with E-state index in [-0.39, 0.29) is 12.1 Å². The molecule has 4 nitrogen and oxygen atoms in total. The van der Waals surface area contributed by atoms with Crippen LogP contribution in [0.1, 0.15) is 5.69 Å². The Kier molecular flexibility index (Phi) is 3.42. The van der Waals surface area contributed by atoms with E-state index in [1.165, 1.54) is 19.2 Å². The number of halogens is 2. The zero-order chi connectivity index (χ0) is 12.4. The van der Waals surface area contributed by atoms with Crippen LogP contribution in [0.5, 0.6) is 0 Å². The van der Waals surface area contributed by atoms with Crippen molar-refractivity contribution in [1.82, 2.24) is 4.98 Å². The van der Waals surface area contributed by atoms with Gasteiger partial charge in [-0.2, -0.15) is 0 Å². The Balaban J connectivity index is 2.77. The zero-order valence-electron chi connectivity index (χ0n) is 9.13. The van der Waals surface area contributed by atoms with Crippen LogP contribution in [-0.2, 0) is 11.3 Å². The fourth-order valence-corrected chi connectivity index (χ4v) is 1.91. The van der Waals surface area contributed by atoms with E-state index in [1.54, 1.807) is 6.07 Å². The average molecular weight is 256 g/mol. The first-order chi connectivity index (χ1) is 8.17. The third kappa shape index (κ3) is 2.17. The highest BCUT2D eigenvalue weighted by atomic mass is 35.5. The van der Waals surface area contributed by atoms with E-state index in [2.05, 4.69) is 10.4 Å². The van der Waals surface area contributed by atoms with Crippen molar-refractivity contribution in [3.8, 4) is 0 Å². The fourth-order valence-electron chi connectivity index (χ4n) is 1.66. The van der Waals surface area contributed by atoms with Crippen molar-refractivity contribution < 1.29 is 9.13 Å². The summed E-state index contributed by atoms with van der Waals surface area (Å²) in [6.45, 7) is 0.274. The number of nitrogens with zero attached hydrogens (tertiary/aromatic N) is 1.